The minimum Gasteiger partial charge on any atom is -0.465 e. The lowest BCUT2D eigenvalue weighted by Crippen LogP contribution is -2.38. The van der Waals surface area contributed by atoms with Gasteiger partial charge < -0.3 is 9.73 Å². The molecular weight excluding hydrogens is 224 g/mol. The van der Waals surface area contributed by atoms with E-state index < -0.39 is 0 Å². The second kappa shape index (κ2) is 5.89. The Kier molecular flexibility index (Phi) is 5.00. The molecule has 18 heavy (non-hydrogen) atoms. The minimum atomic E-state index is 0.282. The topological polar surface area (TPSA) is 28.4 Å². The fraction of sp³-hybridized carbons (Fsp3) is 0.733. The quantitative estimate of drug-likeness (QED) is 0.872. The van der Waals surface area contributed by atoms with E-state index in [4.69, 9.17) is 4.42 Å². The molecule has 0 saturated carbocycles. The Labute approximate surface area is 112 Å². The van der Waals surface area contributed by atoms with E-state index in [1.54, 1.807) is 0 Å². The van der Waals surface area contributed by atoms with Gasteiger partial charge in [0.1, 0.15) is 11.5 Å². The van der Waals surface area contributed by atoms with Crippen molar-refractivity contribution in [3.63, 3.8) is 0 Å². The van der Waals surface area contributed by atoms with Crippen LogP contribution >= 0.6 is 0 Å². The molecule has 1 aromatic rings. The van der Waals surface area contributed by atoms with Crippen molar-refractivity contribution in [1.29, 1.82) is 0 Å². The maximum absolute atomic E-state index is 5.82. The van der Waals surface area contributed by atoms with Crippen LogP contribution in [0.2, 0.25) is 0 Å². The smallest absolute Gasteiger partial charge is 0.118 e. The molecule has 0 aliphatic heterocycles. The molecule has 0 spiro atoms. The summed E-state index contributed by atoms with van der Waals surface area (Å²) in [6.07, 6.45) is 0. The van der Waals surface area contributed by atoms with E-state index >= 15 is 0 Å². The SMILES string of the molecule is CNCc1cc(CN(C)C(C)C(C)(C)C)oc1C. The van der Waals surface area contributed by atoms with Gasteiger partial charge >= 0.3 is 0 Å². The number of rotatable bonds is 5. The molecule has 104 valence electrons. The molecule has 1 N–H and O–H groups in total. The van der Waals surface area contributed by atoms with Crippen molar-refractivity contribution < 1.29 is 4.42 Å². The summed E-state index contributed by atoms with van der Waals surface area (Å²) < 4.78 is 5.82. The number of nitrogens with zero attached hydrogens (tertiary/aromatic N) is 1. The number of aryl methyl sites for hydroxylation is 1. The van der Waals surface area contributed by atoms with Crippen LogP contribution in [0.25, 0.3) is 0 Å². The lowest BCUT2D eigenvalue weighted by molar-refractivity contribution is 0.126. The molecule has 0 aliphatic rings. The van der Waals surface area contributed by atoms with Crippen molar-refractivity contribution in [2.75, 3.05) is 14.1 Å². The molecule has 0 aliphatic carbocycles. The average Bonchev–Trinajstić information content (AvgIpc) is 2.57. The van der Waals surface area contributed by atoms with Crippen LogP contribution in [0.1, 0.15) is 44.8 Å². The van der Waals surface area contributed by atoms with Gasteiger partial charge in [-0.05, 0) is 39.4 Å². The predicted octanol–water partition coefficient (Wildman–Crippen LogP) is 3.17. The summed E-state index contributed by atoms with van der Waals surface area (Å²) >= 11 is 0. The molecule has 1 atom stereocenters. The molecule has 1 rings (SSSR count). The van der Waals surface area contributed by atoms with Gasteiger partial charge in [0.15, 0.2) is 0 Å². The summed E-state index contributed by atoms with van der Waals surface area (Å²) in [5.41, 5.74) is 1.54. The zero-order valence-corrected chi connectivity index (χ0v) is 12.9. The van der Waals surface area contributed by atoms with E-state index in [0.717, 1.165) is 24.6 Å². The molecule has 1 heterocycles. The number of hydrogen-bond donors (Lipinski definition) is 1. The molecule has 0 fully saturated rings. The Balaban J connectivity index is 2.70. The van der Waals surface area contributed by atoms with Crippen molar-refractivity contribution >= 4 is 0 Å². The van der Waals surface area contributed by atoms with Crippen LogP contribution in [-0.2, 0) is 13.1 Å². The van der Waals surface area contributed by atoms with Crippen LogP contribution in [0.4, 0.5) is 0 Å². The van der Waals surface area contributed by atoms with E-state index in [0.29, 0.717) is 6.04 Å². The maximum Gasteiger partial charge on any atom is 0.118 e. The molecule has 0 radical (unpaired) electrons. The molecule has 3 heteroatoms. The first-order valence-electron chi connectivity index (χ1n) is 6.68. The first-order valence-corrected chi connectivity index (χ1v) is 6.68. The number of furan rings is 1. The van der Waals surface area contributed by atoms with E-state index in [9.17, 15) is 0 Å². The highest BCUT2D eigenvalue weighted by molar-refractivity contribution is 5.20. The van der Waals surface area contributed by atoms with E-state index in [1.807, 2.05) is 14.0 Å². The predicted molar refractivity (Wildman–Crippen MR) is 76.6 cm³/mol. The largest absolute Gasteiger partial charge is 0.465 e. The van der Waals surface area contributed by atoms with Crippen molar-refractivity contribution in [2.45, 2.75) is 53.8 Å². The van der Waals surface area contributed by atoms with Gasteiger partial charge in [-0.2, -0.15) is 0 Å². The third-order valence-electron chi connectivity index (χ3n) is 3.76. The Morgan fingerprint density at radius 1 is 1.39 bits per heavy atom. The first-order chi connectivity index (χ1) is 8.25. The van der Waals surface area contributed by atoms with Gasteiger partial charge in [-0.1, -0.05) is 20.8 Å². The van der Waals surface area contributed by atoms with Crippen molar-refractivity contribution in [1.82, 2.24) is 10.2 Å². The third kappa shape index (κ3) is 3.85. The summed E-state index contributed by atoms with van der Waals surface area (Å²) in [6.45, 7) is 12.8. The van der Waals surface area contributed by atoms with Crippen LogP contribution in [0.3, 0.4) is 0 Å². The van der Waals surface area contributed by atoms with E-state index in [1.165, 1.54) is 5.56 Å². The van der Waals surface area contributed by atoms with Crippen molar-refractivity contribution in [3.8, 4) is 0 Å². The zero-order chi connectivity index (χ0) is 13.9. The Morgan fingerprint density at radius 2 is 2.00 bits per heavy atom. The molecular formula is C15H28N2O. The van der Waals surface area contributed by atoms with E-state index in [2.05, 4.69) is 51.0 Å². The number of hydrogen-bond acceptors (Lipinski definition) is 3. The number of nitrogens with one attached hydrogen (secondary N) is 1. The lowest BCUT2D eigenvalue weighted by atomic mass is 9.87. The van der Waals surface area contributed by atoms with Gasteiger partial charge in [0.05, 0.1) is 6.54 Å². The molecule has 0 saturated heterocycles. The zero-order valence-electron chi connectivity index (χ0n) is 12.9. The second-order valence-electron chi connectivity index (χ2n) is 6.28. The first kappa shape index (κ1) is 15.3. The molecule has 1 aromatic heterocycles. The van der Waals surface area contributed by atoms with Crippen molar-refractivity contribution in [3.05, 3.63) is 23.2 Å². The fourth-order valence-corrected chi connectivity index (χ4v) is 2.08. The molecule has 0 bridgehead atoms. The highest BCUT2D eigenvalue weighted by Crippen LogP contribution is 2.25. The Morgan fingerprint density at radius 3 is 2.50 bits per heavy atom. The van der Waals surface area contributed by atoms with Crippen LogP contribution < -0.4 is 5.32 Å². The third-order valence-corrected chi connectivity index (χ3v) is 3.76. The van der Waals surface area contributed by atoms with Crippen LogP contribution in [0.15, 0.2) is 10.5 Å². The van der Waals surface area contributed by atoms with Gasteiger partial charge in [0.2, 0.25) is 0 Å². The summed E-state index contributed by atoms with van der Waals surface area (Å²) in [5, 5.41) is 3.16. The normalized spacial score (nSPS) is 14.2. The highest BCUT2D eigenvalue weighted by atomic mass is 16.3. The molecule has 0 amide bonds. The van der Waals surface area contributed by atoms with Gasteiger partial charge in [0, 0.05) is 18.2 Å². The minimum absolute atomic E-state index is 0.282. The maximum atomic E-state index is 5.82. The van der Waals surface area contributed by atoms with Crippen molar-refractivity contribution in [2.24, 2.45) is 5.41 Å². The van der Waals surface area contributed by atoms with Gasteiger partial charge in [-0.3, -0.25) is 4.90 Å². The van der Waals surface area contributed by atoms with Crippen LogP contribution in [-0.4, -0.2) is 25.0 Å². The fourth-order valence-electron chi connectivity index (χ4n) is 2.08. The average molecular weight is 252 g/mol. The summed E-state index contributed by atoms with van der Waals surface area (Å²) in [6, 6.07) is 2.67. The molecule has 0 aromatic carbocycles. The van der Waals surface area contributed by atoms with E-state index in [-0.39, 0.29) is 5.41 Å². The Bertz CT molecular complexity index is 376. The summed E-state index contributed by atoms with van der Waals surface area (Å²) in [4.78, 5) is 2.35. The summed E-state index contributed by atoms with van der Waals surface area (Å²) in [7, 11) is 4.12. The van der Waals surface area contributed by atoms with Gasteiger partial charge in [-0.25, -0.2) is 0 Å². The highest BCUT2D eigenvalue weighted by Gasteiger charge is 2.24. The van der Waals surface area contributed by atoms with Crippen LogP contribution in [0.5, 0.6) is 0 Å². The van der Waals surface area contributed by atoms with Gasteiger partial charge in [-0.15, -0.1) is 0 Å². The molecule has 3 nitrogen and oxygen atoms in total. The molecule has 1 unspecified atom stereocenters. The summed E-state index contributed by atoms with van der Waals surface area (Å²) in [5.74, 6) is 2.08. The Hall–Kier alpha value is -0.800. The van der Waals surface area contributed by atoms with Crippen LogP contribution in [0, 0.1) is 12.3 Å². The second-order valence-corrected chi connectivity index (χ2v) is 6.28. The van der Waals surface area contributed by atoms with Gasteiger partial charge in [0.25, 0.3) is 0 Å². The monoisotopic (exact) mass is 252 g/mol. The lowest BCUT2D eigenvalue weighted by Gasteiger charge is -2.34. The standard InChI is InChI=1S/C15H28N2O/c1-11-13(9-16-6)8-14(18-11)10-17(7)12(2)15(3,4)5/h8,12,16H,9-10H2,1-7H3.